The Morgan fingerprint density at radius 1 is 1.18 bits per heavy atom. The van der Waals surface area contributed by atoms with Gasteiger partial charge in [-0.05, 0) is 37.5 Å². The molecule has 1 N–H and O–H groups in total. The van der Waals surface area contributed by atoms with Crippen LogP contribution in [0.5, 0.6) is 0 Å². The first-order valence-corrected chi connectivity index (χ1v) is 7.75. The maximum Gasteiger partial charge on any atom is 0.322 e. The van der Waals surface area contributed by atoms with Crippen LogP contribution >= 0.6 is 0 Å². The van der Waals surface area contributed by atoms with E-state index < -0.39 is 22.0 Å². The summed E-state index contributed by atoms with van der Waals surface area (Å²) in [5.41, 5.74) is 0. The average Bonchev–Trinajstić information content (AvgIpc) is 2.88. The molecule has 0 aromatic carbocycles. The SMILES string of the molecule is O=C(O)C1C2CCCC2CN1S(=O)(=O)C1CC1. The number of carboxylic acids is 1. The van der Waals surface area contributed by atoms with Gasteiger partial charge < -0.3 is 5.11 Å². The fourth-order valence-electron chi connectivity index (χ4n) is 3.39. The summed E-state index contributed by atoms with van der Waals surface area (Å²) in [5.74, 6) is -0.658. The number of carbonyl (C=O) groups is 1. The van der Waals surface area contributed by atoms with E-state index in [2.05, 4.69) is 0 Å². The largest absolute Gasteiger partial charge is 0.480 e. The van der Waals surface area contributed by atoms with Gasteiger partial charge in [-0.2, -0.15) is 4.31 Å². The molecule has 0 aromatic rings. The van der Waals surface area contributed by atoms with Crippen LogP contribution in [-0.4, -0.2) is 41.6 Å². The van der Waals surface area contributed by atoms with Crippen molar-refractivity contribution >= 4 is 16.0 Å². The number of fused-ring (bicyclic) bond motifs is 1. The first-order valence-electron chi connectivity index (χ1n) is 6.25. The molecule has 2 aliphatic carbocycles. The van der Waals surface area contributed by atoms with Crippen molar-refractivity contribution in [1.29, 1.82) is 0 Å². The van der Waals surface area contributed by atoms with Crippen LogP contribution in [0.25, 0.3) is 0 Å². The van der Waals surface area contributed by atoms with Crippen molar-refractivity contribution in [2.75, 3.05) is 6.54 Å². The van der Waals surface area contributed by atoms with Gasteiger partial charge in [0.25, 0.3) is 0 Å². The molecule has 0 bridgehead atoms. The van der Waals surface area contributed by atoms with Crippen LogP contribution in [0.3, 0.4) is 0 Å². The van der Waals surface area contributed by atoms with Crippen molar-refractivity contribution < 1.29 is 18.3 Å². The Morgan fingerprint density at radius 3 is 2.47 bits per heavy atom. The monoisotopic (exact) mass is 259 g/mol. The summed E-state index contributed by atoms with van der Waals surface area (Å²) >= 11 is 0. The van der Waals surface area contributed by atoms with Crippen LogP contribution in [0.4, 0.5) is 0 Å². The van der Waals surface area contributed by atoms with Crippen molar-refractivity contribution in [3.8, 4) is 0 Å². The van der Waals surface area contributed by atoms with Gasteiger partial charge in [-0.1, -0.05) is 6.42 Å². The zero-order valence-corrected chi connectivity index (χ0v) is 10.4. The minimum absolute atomic E-state index is 0.0426. The topological polar surface area (TPSA) is 74.7 Å². The maximum atomic E-state index is 12.2. The molecule has 3 fully saturated rings. The van der Waals surface area contributed by atoms with E-state index >= 15 is 0 Å². The van der Waals surface area contributed by atoms with Crippen LogP contribution in [0.15, 0.2) is 0 Å². The van der Waals surface area contributed by atoms with Crippen molar-refractivity contribution in [2.24, 2.45) is 11.8 Å². The highest BCUT2D eigenvalue weighted by molar-refractivity contribution is 7.90. The molecular formula is C11H17NO4S. The van der Waals surface area contributed by atoms with Crippen molar-refractivity contribution in [3.63, 3.8) is 0 Å². The van der Waals surface area contributed by atoms with E-state index in [0.717, 1.165) is 19.3 Å². The molecule has 5 nitrogen and oxygen atoms in total. The van der Waals surface area contributed by atoms with E-state index in [0.29, 0.717) is 19.4 Å². The van der Waals surface area contributed by atoms with Gasteiger partial charge in [-0.25, -0.2) is 8.42 Å². The normalized spacial score (nSPS) is 38.2. The number of sulfonamides is 1. The van der Waals surface area contributed by atoms with Crippen molar-refractivity contribution in [2.45, 2.75) is 43.4 Å². The van der Waals surface area contributed by atoms with Crippen LogP contribution in [0.1, 0.15) is 32.1 Å². The molecule has 1 heterocycles. The first-order chi connectivity index (χ1) is 8.01. The van der Waals surface area contributed by atoms with Crippen LogP contribution in [0.2, 0.25) is 0 Å². The van der Waals surface area contributed by atoms with Crippen LogP contribution < -0.4 is 0 Å². The Bertz CT molecular complexity index is 442. The van der Waals surface area contributed by atoms with Gasteiger partial charge in [0.2, 0.25) is 10.0 Å². The van der Waals surface area contributed by atoms with Gasteiger partial charge in [-0.3, -0.25) is 4.79 Å². The van der Waals surface area contributed by atoms with Crippen molar-refractivity contribution in [1.82, 2.24) is 4.31 Å². The van der Waals surface area contributed by atoms with Gasteiger partial charge in [-0.15, -0.1) is 0 Å². The molecular weight excluding hydrogens is 242 g/mol. The third-order valence-electron chi connectivity index (χ3n) is 4.37. The molecule has 17 heavy (non-hydrogen) atoms. The summed E-state index contributed by atoms with van der Waals surface area (Å²) < 4.78 is 25.7. The predicted octanol–water partition coefficient (Wildman–Crippen LogP) is 0.664. The van der Waals surface area contributed by atoms with Gasteiger partial charge in [0.15, 0.2) is 0 Å². The van der Waals surface area contributed by atoms with Gasteiger partial charge in [0.1, 0.15) is 6.04 Å². The van der Waals surface area contributed by atoms with Gasteiger partial charge >= 0.3 is 5.97 Å². The highest BCUT2D eigenvalue weighted by Gasteiger charge is 2.54. The van der Waals surface area contributed by atoms with E-state index in [9.17, 15) is 18.3 Å². The molecule has 3 aliphatic rings. The molecule has 0 radical (unpaired) electrons. The first kappa shape index (κ1) is 11.5. The van der Waals surface area contributed by atoms with E-state index in [1.54, 1.807) is 0 Å². The molecule has 96 valence electrons. The molecule has 0 amide bonds. The summed E-state index contributed by atoms with van der Waals surface area (Å²) in [4.78, 5) is 11.3. The van der Waals surface area contributed by atoms with Gasteiger partial charge in [0.05, 0.1) is 5.25 Å². The lowest BCUT2D eigenvalue weighted by atomic mass is 9.94. The second-order valence-electron chi connectivity index (χ2n) is 5.45. The third-order valence-corrected chi connectivity index (χ3v) is 6.72. The zero-order chi connectivity index (χ0) is 12.2. The lowest BCUT2D eigenvalue weighted by molar-refractivity contribution is -0.142. The lowest BCUT2D eigenvalue weighted by Crippen LogP contribution is -2.44. The Balaban J connectivity index is 1.91. The maximum absolute atomic E-state index is 12.2. The predicted molar refractivity (Wildman–Crippen MR) is 60.9 cm³/mol. The number of carboxylic acid groups (broad SMARTS) is 1. The standard InChI is InChI=1S/C11H17NO4S/c13-11(14)10-9-3-1-2-7(9)6-12(10)17(15,16)8-4-5-8/h7-10H,1-6H2,(H,13,14). The summed E-state index contributed by atoms with van der Waals surface area (Å²) in [7, 11) is -3.35. The number of nitrogens with zero attached hydrogens (tertiary/aromatic N) is 1. The Morgan fingerprint density at radius 2 is 1.88 bits per heavy atom. The molecule has 6 heteroatoms. The highest BCUT2D eigenvalue weighted by Crippen LogP contribution is 2.45. The smallest absolute Gasteiger partial charge is 0.322 e. The van der Waals surface area contributed by atoms with E-state index in [1.165, 1.54) is 4.31 Å². The average molecular weight is 259 g/mol. The van der Waals surface area contributed by atoms with Gasteiger partial charge in [0, 0.05) is 6.54 Å². The third kappa shape index (κ3) is 1.69. The second-order valence-corrected chi connectivity index (χ2v) is 7.62. The Kier molecular flexibility index (Phi) is 2.49. The molecule has 3 unspecified atom stereocenters. The summed E-state index contributed by atoms with van der Waals surface area (Å²) in [5, 5.41) is 8.99. The number of rotatable bonds is 3. The van der Waals surface area contributed by atoms with Crippen molar-refractivity contribution in [3.05, 3.63) is 0 Å². The molecule has 0 spiro atoms. The molecule has 3 atom stereocenters. The molecule has 0 aromatic heterocycles. The van der Waals surface area contributed by atoms with Crippen LogP contribution in [-0.2, 0) is 14.8 Å². The highest BCUT2D eigenvalue weighted by atomic mass is 32.2. The number of hydrogen-bond donors (Lipinski definition) is 1. The minimum Gasteiger partial charge on any atom is -0.480 e. The quantitative estimate of drug-likeness (QED) is 0.808. The van der Waals surface area contributed by atoms with E-state index in [1.807, 2.05) is 0 Å². The lowest BCUT2D eigenvalue weighted by Gasteiger charge is -2.23. The number of aliphatic carboxylic acids is 1. The Labute approximate surface area is 101 Å². The van der Waals surface area contributed by atoms with E-state index in [4.69, 9.17) is 0 Å². The fourth-order valence-corrected chi connectivity index (χ4v) is 5.47. The zero-order valence-electron chi connectivity index (χ0n) is 9.58. The molecule has 2 saturated carbocycles. The van der Waals surface area contributed by atoms with E-state index in [-0.39, 0.29) is 17.1 Å². The fraction of sp³-hybridized carbons (Fsp3) is 0.909. The molecule has 1 aliphatic heterocycles. The molecule has 1 saturated heterocycles. The summed E-state index contributed by atoms with van der Waals surface area (Å²) in [6.45, 7) is 0.431. The van der Waals surface area contributed by atoms with Crippen LogP contribution in [0, 0.1) is 11.8 Å². The molecule has 3 rings (SSSR count). The summed E-state index contributed by atoms with van der Waals surface area (Å²) in [6, 6.07) is -0.798. The number of hydrogen-bond acceptors (Lipinski definition) is 3. The second kappa shape index (κ2) is 3.68. The summed E-state index contributed by atoms with van der Waals surface area (Å²) in [6.07, 6.45) is 4.26. The minimum atomic E-state index is -3.35. The Hall–Kier alpha value is -0.620.